The number of benzene rings is 2. The first-order chi connectivity index (χ1) is 23.7. The summed E-state index contributed by atoms with van der Waals surface area (Å²) in [5.41, 5.74) is -2.98. The van der Waals surface area contributed by atoms with Crippen LogP contribution in [0.15, 0.2) is 36.4 Å². The van der Waals surface area contributed by atoms with Crippen molar-refractivity contribution < 1.29 is 31.1 Å². The number of hydrogen-bond acceptors (Lipinski definition) is 3. The summed E-state index contributed by atoms with van der Waals surface area (Å²) < 4.78 is 77.5. The molecular weight excluding hydrogens is 805 g/mol. The van der Waals surface area contributed by atoms with Crippen LogP contribution in [-0.4, -0.2) is 72.5 Å². The lowest BCUT2D eigenvalue weighted by Gasteiger charge is -2.46. The first-order valence-corrected chi connectivity index (χ1v) is 19.2. The van der Waals surface area contributed by atoms with Crippen LogP contribution in [0.5, 0.6) is 0 Å². The Kier molecular flexibility index (Phi) is 13.0. The fraction of sp³-hybridized carbons (Fsp3) is 0.629. The summed E-state index contributed by atoms with van der Waals surface area (Å²) in [4.78, 5) is 20.3. The Labute approximate surface area is 324 Å². The van der Waals surface area contributed by atoms with Crippen molar-refractivity contribution >= 4 is 75.5 Å². The molecule has 0 bridgehead atoms. The lowest BCUT2D eigenvalue weighted by Crippen LogP contribution is -2.51. The third-order valence-corrected chi connectivity index (χ3v) is 11.8. The molecule has 1 atom stereocenters. The van der Waals surface area contributed by atoms with E-state index in [1.165, 1.54) is 24.2 Å². The van der Waals surface area contributed by atoms with Gasteiger partial charge in [-0.15, -0.1) is 0 Å². The van der Waals surface area contributed by atoms with Gasteiger partial charge in [0.05, 0.1) is 17.5 Å². The number of alkyl halides is 12. The number of piperidine rings is 3. The smallest absolute Gasteiger partial charge is 0.342 e. The first kappa shape index (κ1) is 41.3. The topological polar surface area (TPSA) is 26.8 Å². The van der Waals surface area contributed by atoms with Gasteiger partial charge in [0.2, 0.25) is 13.5 Å². The average molecular weight is 844 g/mol. The number of likely N-dealkylation sites (tertiary alicyclic amines) is 3. The molecule has 0 aliphatic carbocycles. The Morgan fingerprint density at radius 2 is 1.31 bits per heavy atom. The van der Waals surface area contributed by atoms with Crippen molar-refractivity contribution in [1.29, 1.82) is 0 Å². The molecule has 3 heterocycles. The van der Waals surface area contributed by atoms with Crippen LogP contribution in [-0.2, 0) is 36.6 Å². The molecular formula is C35H39Cl6F6N3O. The van der Waals surface area contributed by atoms with E-state index in [1.54, 1.807) is 18.2 Å². The third-order valence-electron chi connectivity index (χ3n) is 10.5. The van der Waals surface area contributed by atoms with Crippen molar-refractivity contribution in [3.63, 3.8) is 0 Å². The molecule has 3 aliphatic heterocycles. The van der Waals surface area contributed by atoms with Gasteiger partial charge in [0.1, 0.15) is 0 Å². The minimum absolute atomic E-state index is 0.0539. The molecule has 0 radical (unpaired) electrons. The molecule has 1 amide bonds. The van der Waals surface area contributed by atoms with Crippen LogP contribution >= 0.6 is 69.6 Å². The van der Waals surface area contributed by atoms with Crippen molar-refractivity contribution in [2.24, 2.45) is 0 Å². The van der Waals surface area contributed by atoms with Crippen LogP contribution in [0, 0.1) is 0 Å². The zero-order chi connectivity index (χ0) is 37.4. The van der Waals surface area contributed by atoms with Gasteiger partial charge >= 0.3 is 12.4 Å². The van der Waals surface area contributed by atoms with Crippen molar-refractivity contribution in [1.82, 2.24) is 14.7 Å². The molecule has 4 nitrogen and oxygen atoms in total. The van der Waals surface area contributed by atoms with Gasteiger partial charge in [-0.25, -0.2) is 0 Å². The number of carbonyl (C=O) groups excluding carboxylic acids is 1. The van der Waals surface area contributed by atoms with E-state index < -0.39 is 48.8 Å². The molecule has 2 aromatic rings. The number of nitrogens with zero attached hydrogens (tertiary/aromatic N) is 3. The molecule has 2 aromatic carbocycles. The monoisotopic (exact) mass is 841 g/mol. The molecule has 0 aromatic heterocycles. The average Bonchev–Trinajstić information content (AvgIpc) is 3.06. The van der Waals surface area contributed by atoms with Gasteiger partial charge in [0.15, 0.2) is 0 Å². The SMILES string of the molecule is O=C(Cc1cc(C(F)(F)F)cc(C(F)(F)F)c1)N1CCCC(CCN2CCC(N3CCCCC3)CC2)(c2ccc(C(Cl)(Cl)Cl)c(C(Cl)(Cl)Cl)c2)C1. The van der Waals surface area contributed by atoms with Crippen LogP contribution in [0.1, 0.15) is 84.7 Å². The number of halogens is 12. The Morgan fingerprint density at radius 1 is 0.725 bits per heavy atom. The van der Waals surface area contributed by atoms with Crippen LogP contribution in [0.3, 0.4) is 0 Å². The summed E-state index contributed by atoms with van der Waals surface area (Å²) in [6, 6.07) is 6.82. The Morgan fingerprint density at radius 3 is 1.86 bits per heavy atom. The third kappa shape index (κ3) is 10.5. The van der Waals surface area contributed by atoms with Gasteiger partial charge in [-0.1, -0.05) is 94.2 Å². The van der Waals surface area contributed by atoms with Gasteiger partial charge in [0.25, 0.3) is 0 Å². The number of carbonyl (C=O) groups is 1. The fourth-order valence-corrected chi connectivity index (χ4v) is 8.82. The van der Waals surface area contributed by atoms with Crippen LogP contribution < -0.4 is 0 Å². The largest absolute Gasteiger partial charge is 0.416 e. The quantitative estimate of drug-likeness (QED) is 0.205. The summed E-state index contributed by atoms with van der Waals surface area (Å²) in [5, 5.41) is 0. The summed E-state index contributed by atoms with van der Waals surface area (Å²) >= 11 is 37.9. The highest BCUT2D eigenvalue weighted by Gasteiger charge is 2.43. The molecule has 3 saturated heterocycles. The van der Waals surface area contributed by atoms with E-state index >= 15 is 0 Å². The van der Waals surface area contributed by atoms with E-state index in [2.05, 4.69) is 9.80 Å². The van der Waals surface area contributed by atoms with E-state index in [9.17, 15) is 31.1 Å². The highest BCUT2D eigenvalue weighted by molar-refractivity contribution is 6.69. The highest BCUT2D eigenvalue weighted by Crippen LogP contribution is 2.50. The Bertz CT molecular complexity index is 1500. The van der Waals surface area contributed by atoms with E-state index in [1.807, 2.05) is 0 Å². The number of amides is 1. The lowest BCUT2D eigenvalue weighted by molar-refractivity contribution is -0.143. The Hall–Kier alpha value is -0.850. The highest BCUT2D eigenvalue weighted by atomic mass is 35.6. The Balaban J connectivity index is 1.42. The number of rotatable bonds is 7. The standard InChI is InChI=1S/C35H39Cl6F6N3O/c36-32(37,38)28-6-5-24(21-29(28)33(39,40)41)31(10-16-48-14-7-27(8-15-48)49-11-2-1-3-12-49)9-4-13-50(22-31)30(51)19-23-17-25(34(42,43)44)20-26(18-23)35(45,46)47/h5-6,17-18,20-21,27H,1-4,7-16,19,22H2. The van der Waals surface area contributed by atoms with Crippen molar-refractivity contribution in [2.45, 2.75) is 89.2 Å². The summed E-state index contributed by atoms with van der Waals surface area (Å²) in [7, 11) is 0. The van der Waals surface area contributed by atoms with Gasteiger partial charge < -0.3 is 14.7 Å². The van der Waals surface area contributed by atoms with Crippen molar-refractivity contribution in [2.75, 3.05) is 45.8 Å². The van der Waals surface area contributed by atoms with Crippen LogP contribution in [0.2, 0.25) is 0 Å². The predicted molar refractivity (Wildman–Crippen MR) is 192 cm³/mol. The van der Waals surface area contributed by atoms with Crippen LogP contribution in [0.25, 0.3) is 0 Å². The molecule has 51 heavy (non-hydrogen) atoms. The molecule has 0 saturated carbocycles. The van der Waals surface area contributed by atoms with Gasteiger partial charge in [-0.3, -0.25) is 4.79 Å². The normalized spacial score (nSPS) is 22.4. The molecule has 3 fully saturated rings. The van der Waals surface area contributed by atoms with Crippen molar-refractivity contribution in [3.8, 4) is 0 Å². The fourth-order valence-electron chi connectivity index (χ4n) is 7.86. The molecule has 16 heteroatoms. The minimum atomic E-state index is -5.03. The first-order valence-electron chi connectivity index (χ1n) is 17.0. The maximum atomic E-state index is 13.7. The second-order valence-corrected chi connectivity index (χ2v) is 18.5. The molecule has 0 spiro atoms. The van der Waals surface area contributed by atoms with Crippen molar-refractivity contribution in [3.05, 3.63) is 69.8 Å². The van der Waals surface area contributed by atoms with E-state index in [0.29, 0.717) is 44.0 Å². The summed E-state index contributed by atoms with van der Waals surface area (Å²) in [6.45, 7) is 5.18. The second-order valence-electron chi connectivity index (χ2n) is 14.0. The summed E-state index contributed by atoms with van der Waals surface area (Å²) in [6.07, 6.45) is -3.16. The maximum Gasteiger partial charge on any atom is 0.416 e. The molecule has 0 N–H and O–H groups in total. The zero-order valence-corrected chi connectivity index (χ0v) is 32.2. The van der Waals surface area contributed by atoms with Gasteiger partial charge in [-0.05, 0) is 107 Å². The lowest BCUT2D eigenvalue weighted by atomic mass is 9.70. The van der Waals surface area contributed by atoms with E-state index in [-0.39, 0.29) is 35.8 Å². The molecule has 5 rings (SSSR count). The zero-order valence-electron chi connectivity index (χ0n) is 27.6. The number of hydrogen-bond donors (Lipinski definition) is 0. The molecule has 284 valence electrons. The van der Waals surface area contributed by atoms with Gasteiger partial charge in [0, 0.05) is 35.7 Å². The predicted octanol–water partition coefficient (Wildman–Crippen LogP) is 10.8. The van der Waals surface area contributed by atoms with Crippen LogP contribution in [0.4, 0.5) is 26.3 Å². The maximum absolute atomic E-state index is 13.7. The minimum Gasteiger partial charge on any atom is -0.342 e. The van der Waals surface area contributed by atoms with E-state index in [4.69, 9.17) is 69.6 Å². The van der Waals surface area contributed by atoms with E-state index in [0.717, 1.165) is 44.6 Å². The second kappa shape index (κ2) is 16.1. The summed E-state index contributed by atoms with van der Waals surface area (Å²) in [5.74, 6) is -0.589. The van der Waals surface area contributed by atoms with Gasteiger partial charge in [-0.2, -0.15) is 26.3 Å². The molecule has 3 aliphatic rings. The molecule has 1 unspecified atom stereocenters.